The second-order valence-corrected chi connectivity index (χ2v) is 6.97. The minimum Gasteiger partial charge on any atom is -0.493 e. The van der Waals surface area contributed by atoms with Gasteiger partial charge in [0.15, 0.2) is 5.65 Å². The summed E-state index contributed by atoms with van der Waals surface area (Å²) in [7, 11) is 0. The normalized spacial score (nSPS) is 15.5. The Balaban J connectivity index is 1.37. The van der Waals surface area contributed by atoms with E-state index < -0.39 is 17.9 Å². The van der Waals surface area contributed by atoms with Crippen molar-refractivity contribution in [3.63, 3.8) is 0 Å². The lowest BCUT2D eigenvalue weighted by molar-refractivity contribution is -0.146. The number of nitrogens with zero attached hydrogens (tertiary/aromatic N) is 6. The monoisotopic (exact) mass is 421 g/mol. The van der Waals surface area contributed by atoms with Crippen molar-refractivity contribution in [1.82, 2.24) is 24.8 Å². The van der Waals surface area contributed by atoms with Gasteiger partial charge in [0, 0.05) is 25.4 Å². The largest absolute Gasteiger partial charge is 0.493 e. The molecule has 1 aliphatic rings. The number of aromatic nitrogens is 5. The van der Waals surface area contributed by atoms with Crippen molar-refractivity contribution in [2.75, 3.05) is 24.6 Å². The van der Waals surface area contributed by atoms with Crippen molar-refractivity contribution in [2.45, 2.75) is 19.0 Å². The summed E-state index contributed by atoms with van der Waals surface area (Å²) >= 11 is 0. The molecule has 3 aromatic rings. The number of nitrogens with two attached hydrogens (primary N) is 1. The Kier molecular flexibility index (Phi) is 5.14. The number of carbonyl (C=O) groups is 1. The van der Waals surface area contributed by atoms with Crippen molar-refractivity contribution in [1.29, 1.82) is 0 Å². The topological polar surface area (TPSA) is 112 Å². The van der Waals surface area contributed by atoms with Crippen molar-refractivity contribution in [3.8, 4) is 5.75 Å². The number of fused-ring (bicyclic) bond motifs is 1. The van der Waals surface area contributed by atoms with E-state index >= 15 is 0 Å². The summed E-state index contributed by atoms with van der Waals surface area (Å²) in [6.07, 6.45) is -1.61. The minimum atomic E-state index is -4.63. The second-order valence-electron chi connectivity index (χ2n) is 6.97. The van der Waals surface area contributed by atoms with E-state index in [1.165, 1.54) is 18.3 Å². The van der Waals surface area contributed by atoms with Crippen molar-refractivity contribution in [3.05, 3.63) is 42.0 Å². The number of carbonyl (C=O) groups excluding carboxylic acids is 1. The fraction of sp³-hybridized carbons (Fsp3) is 0.389. The van der Waals surface area contributed by atoms with Gasteiger partial charge in [-0.2, -0.15) is 17.7 Å². The highest BCUT2D eigenvalue weighted by Gasteiger charge is 2.38. The molecule has 12 heteroatoms. The third-order valence-corrected chi connectivity index (χ3v) is 4.91. The fourth-order valence-corrected chi connectivity index (χ4v) is 3.30. The molecule has 0 unspecified atom stereocenters. The predicted octanol–water partition coefficient (Wildman–Crippen LogP) is 1.93. The quantitative estimate of drug-likeness (QED) is 0.670. The second kappa shape index (κ2) is 7.76. The van der Waals surface area contributed by atoms with Crippen molar-refractivity contribution in [2.24, 2.45) is 11.7 Å². The summed E-state index contributed by atoms with van der Waals surface area (Å²) in [5.74, 6) is -0.556. The first kappa shape index (κ1) is 19.9. The van der Waals surface area contributed by atoms with Crippen molar-refractivity contribution >= 4 is 17.4 Å². The van der Waals surface area contributed by atoms with Crippen LogP contribution in [0.1, 0.15) is 29.2 Å². The number of piperidine rings is 1. The van der Waals surface area contributed by atoms with Gasteiger partial charge in [-0.15, -0.1) is 15.3 Å². The molecule has 0 radical (unpaired) electrons. The smallest absolute Gasteiger partial charge is 0.453 e. The van der Waals surface area contributed by atoms with E-state index in [9.17, 15) is 18.0 Å². The Hall–Kier alpha value is -3.44. The van der Waals surface area contributed by atoms with Gasteiger partial charge in [0.2, 0.25) is 0 Å². The van der Waals surface area contributed by atoms with Gasteiger partial charge in [0.05, 0.1) is 6.61 Å². The van der Waals surface area contributed by atoms with E-state index in [2.05, 4.69) is 20.3 Å². The lowest BCUT2D eigenvalue weighted by Gasteiger charge is -2.32. The maximum absolute atomic E-state index is 13.0. The molecule has 1 fully saturated rings. The zero-order chi connectivity index (χ0) is 21.3. The Morgan fingerprint density at radius 3 is 2.67 bits per heavy atom. The third kappa shape index (κ3) is 4.11. The Morgan fingerprint density at radius 2 is 1.97 bits per heavy atom. The van der Waals surface area contributed by atoms with Gasteiger partial charge < -0.3 is 15.4 Å². The predicted molar refractivity (Wildman–Crippen MR) is 99.0 cm³/mol. The van der Waals surface area contributed by atoms with E-state index in [-0.39, 0.29) is 17.3 Å². The zero-order valence-electron chi connectivity index (χ0n) is 15.7. The van der Waals surface area contributed by atoms with Gasteiger partial charge in [-0.25, -0.2) is 0 Å². The van der Waals surface area contributed by atoms with Gasteiger partial charge in [-0.3, -0.25) is 9.78 Å². The highest BCUT2D eigenvalue weighted by atomic mass is 19.4. The van der Waals surface area contributed by atoms with E-state index in [4.69, 9.17) is 10.5 Å². The number of anilines is 1. The van der Waals surface area contributed by atoms with E-state index in [0.717, 1.165) is 17.4 Å². The van der Waals surface area contributed by atoms with Crippen LogP contribution in [-0.4, -0.2) is 50.4 Å². The molecule has 0 saturated carbocycles. The van der Waals surface area contributed by atoms with Crippen LogP contribution in [0, 0.1) is 5.92 Å². The molecular weight excluding hydrogens is 403 g/mol. The molecule has 0 atom stereocenters. The molecule has 2 N–H and O–H groups in total. The molecule has 4 rings (SSSR count). The summed E-state index contributed by atoms with van der Waals surface area (Å²) in [6.45, 7) is 1.70. The summed E-state index contributed by atoms with van der Waals surface area (Å²) in [4.78, 5) is 17.0. The summed E-state index contributed by atoms with van der Waals surface area (Å²) < 4.78 is 45.6. The fourth-order valence-electron chi connectivity index (χ4n) is 3.30. The number of halogens is 3. The molecular formula is C18H18F3N7O2. The van der Waals surface area contributed by atoms with Crippen molar-refractivity contribution < 1.29 is 22.7 Å². The molecule has 9 nitrogen and oxygen atoms in total. The van der Waals surface area contributed by atoms with Gasteiger partial charge in [0.25, 0.3) is 11.7 Å². The number of hydrogen-bond acceptors (Lipinski definition) is 7. The Bertz CT molecular complexity index is 1060. The van der Waals surface area contributed by atoms with Crippen LogP contribution in [0.15, 0.2) is 30.5 Å². The van der Waals surface area contributed by atoms with Crippen LogP contribution in [0.25, 0.3) is 5.65 Å². The molecule has 1 amide bonds. The zero-order valence-corrected chi connectivity index (χ0v) is 15.7. The molecule has 0 spiro atoms. The first-order valence-corrected chi connectivity index (χ1v) is 9.24. The molecule has 0 aliphatic carbocycles. The Morgan fingerprint density at radius 1 is 1.20 bits per heavy atom. The number of rotatable bonds is 5. The van der Waals surface area contributed by atoms with Crippen LogP contribution in [0.4, 0.5) is 19.0 Å². The SMILES string of the molecule is NC(=O)c1cc(OCC2CCN(c3ccc4nnc(C(F)(F)F)n4n3)CC2)ccn1. The van der Waals surface area contributed by atoms with E-state index in [0.29, 0.717) is 31.3 Å². The number of hydrogen-bond donors (Lipinski definition) is 1. The van der Waals surface area contributed by atoms with E-state index in [1.807, 2.05) is 4.90 Å². The highest BCUT2D eigenvalue weighted by molar-refractivity contribution is 5.91. The minimum absolute atomic E-state index is 0.0436. The van der Waals surface area contributed by atoms with Crippen LogP contribution < -0.4 is 15.4 Å². The lowest BCUT2D eigenvalue weighted by Crippen LogP contribution is -2.36. The highest BCUT2D eigenvalue weighted by Crippen LogP contribution is 2.29. The van der Waals surface area contributed by atoms with Gasteiger partial charge in [-0.05, 0) is 37.0 Å². The van der Waals surface area contributed by atoms with Crippen LogP contribution in [0.2, 0.25) is 0 Å². The van der Waals surface area contributed by atoms with Crippen LogP contribution in [0.5, 0.6) is 5.75 Å². The van der Waals surface area contributed by atoms with Crippen LogP contribution >= 0.6 is 0 Å². The van der Waals surface area contributed by atoms with Gasteiger partial charge >= 0.3 is 6.18 Å². The number of ether oxygens (including phenoxy) is 1. The molecule has 0 bridgehead atoms. The first-order valence-electron chi connectivity index (χ1n) is 9.24. The third-order valence-electron chi connectivity index (χ3n) is 4.91. The molecule has 158 valence electrons. The summed E-state index contributed by atoms with van der Waals surface area (Å²) in [5, 5.41) is 10.8. The summed E-state index contributed by atoms with van der Waals surface area (Å²) in [6, 6.07) is 6.26. The first-order chi connectivity index (χ1) is 14.3. The average Bonchev–Trinajstić information content (AvgIpc) is 3.16. The molecule has 1 aliphatic heterocycles. The standard InChI is InChI=1S/C18H18F3N7O2/c19-18(20,21)17-25-24-14-1-2-15(26-28(14)17)27-7-4-11(5-8-27)10-30-12-3-6-23-13(9-12)16(22)29/h1-3,6,9,11H,4-5,7-8,10H2,(H2,22,29). The van der Waals surface area contributed by atoms with Crippen LogP contribution in [0.3, 0.4) is 0 Å². The number of pyridine rings is 1. The average molecular weight is 421 g/mol. The molecule has 30 heavy (non-hydrogen) atoms. The molecule has 3 aromatic heterocycles. The maximum Gasteiger partial charge on any atom is 0.453 e. The molecule has 4 heterocycles. The molecule has 0 aromatic carbocycles. The summed E-state index contributed by atoms with van der Waals surface area (Å²) in [5.41, 5.74) is 5.39. The number of primary amides is 1. The number of amides is 1. The number of alkyl halides is 3. The lowest BCUT2D eigenvalue weighted by atomic mass is 9.98. The van der Waals surface area contributed by atoms with Gasteiger partial charge in [-0.1, -0.05) is 0 Å². The van der Waals surface area contributed by atoms with Crippen LogP contribution in [-0.2, 0) is 6.18 Å². The maximum atomic E-state index is 13.0. The molecule has 1 saturated heterocycles. The van der Waals surface area contributed by atoms with E-state index in [1.54, 1.807) is 12.1 Å². The van der Waals surface area contributed by atoms with Gasteiger partial charge in [0.1, 0.15) is 17.3 Å². The Labute approximate surface area is 168 Å².